The molecule has 0 radical (unpaired) electrons. The standard InChI is InChI=1S/C14H16F3NO2S/c1-20-13(19)8-21-11-5-2-9(7-18-10-3-4-10)12(6-11)14(15,16)17/h2,5-6,10,18H,3-4,7-8H2,1H3. The third-order valence-electron chi connectivity index (χ3n) is 3.13. The lowest BCUT2D eigenvalue weighted by molar-refractivity contribution is -0.138. The quantitative estimate of drug-likeness (QED) is 0.645. The lowest BCUT2D eigenvalue weighted by Crippen LogP contribution is -2.19. The highest BCUT2D eigenvalue weighted by Crippen LogP contribution is 2.35. The third-order valence-corrected chi connectivity index (χ3v) is 4.10. The number of hydrogen-bond acceptors (Lipinski definition) is 4. The predicted octanol–water partition coefficient (Wildman–Crippen LogP) is 3.22. The average molecular weight is 319 g/mol. The maximum atomic E-state index is 13.1. The summed E-state index contributed by atoms with van der Waals surface area (Å²) in [6.07, 6.45) is -2.36. The van der Waals surface area contributed by atoms with Gasteiger partial charge in [-0.05, 0) is 30.5 Å². The summed E-state index contributed by atoms with van der Waals surface area (Å²) in [6, 6.07) is 4.52. The van der Waals surface area contributed by atoms with Crippen LogP contribution in [0.1, 0.15) is 24.0 Å². The number of halogens is 3. The van der Waals surface area contributed by atoms with Crippen LogP contribution in [0.25, 0.3) is 0 Å². The maximum absolute atomic E-state index is 13.1. The summed E-state index contributed by atoms with van der Waals surface area (Å²) >= 11 is 1.03. The van der Waals surface area contributed by atoms with Gasteiger partial charge < -0.3 is 10.1 Å². The molecule has 0 amide bonds. The Balaban J connectivity index is 2.11. The van der Waals surface area contributed by atoms with Crippen molar-refractivity contribution in [1.29, 1.82) is 0 Å². The van der Waals surface area contributed by atoms with Crippen molar-refractivity contribution in [3.63, 3.8) is 0 Å². The highest BCUT2D eigenvalue weighted by atomic mass is 32.2. The number of hydrogen-bond donors (Lipinski definition) is 1. The molecule has 1 saturated carbocycles. The fraction of sp³-hybridized carbons (Fsp3) is 0.500. The number of rotatable bonds is 6. The predicted molar refractivity (Wildman–Crippen MR) is 74.0 cm³/mol. The molecule has 0 saturated heterocycles. The fourth-order valence-corrected chi connectivity index (χ4v) is 2.57. The molecule has 0 atom stereocenters. The summed E-state index contributed by atoms with van der Waals surface area (Å²) in [5.41, 5.74) is -0.415. The van der Waals surface area contributed by atoms with Crippen LogP contribution >= 0.6 is 11.8 Å². The van der Waals surface area contributed by atoms with Gasteiger partial charge in [-0.1, -0.05) is 6.07 Å². The van der Waals surface area contributed by atoms with Gasteiger partial charge in [-0.2, -0.15) is 13.2 Å². The zero-order valence-electron chi connectivity index (χ0n) is 11.5. The van der Waals surface area contributed by atoms with Gasteiger partial charge in [0.15, 0.2) is 0 Å². The third kappa shape index (κ3) is 4.93. The molecule has 116 valence electrons. The Morgan fingerprint density at radius 3 is 2.71 bits per heavy atom. The molecule has 0 heterocycles. The van der Waals surface area contributed by atoms with E-state index in [1.54, 1.807) is 6.07 Å². The first-order valence-electron chi connectivity index (χ1n) is 6.53. The van der Waals surface area contributed by atoms with E-state index < -0.39 is 17.7 Å². The molecule has 0 spiro atoms. The second-order valence-electron chi connectivity index (χ2n) is 4.84. The van der Waals surface area contributed by atoms with Crippen LogP contribution in [0.15, 0.2) is 23.1 Å². The molecule has 1 aromatic carbocycles. The van der Waals surface area contributed by atoms with Crippen LogP contribution in [0.5, 0.6) is 0 Å². The van der Waals surface area contributed by atoms with Gasteiger partial charge >= 0.3 is 12.1 Å². The number of nitrogens with one attached hydrogen (secondary N) is 1. The molecule has 0 unspecified atom stereocenters. The SMILES string of the molecule is COC(=O)CSc1ccc(CNC2CC2)c(C(F)(F)F)c1. The minimum atomic E-state index is -4.40. The van der Waals surface area contributed by atoms with E-state index in [-0.39, 0.29) is 17.9 Å². The number of alkyl halides is 3. The van der Waals surface area contributed by atoms with Crippen molar-refractivity contribution >= 4 is 17.7 Å². The second-order valence-corrected chi connectivity index (χ2v) is 5.89. The molecule has 1 aromatic rings. The van der Waals surface area contributed by atoms with E-state index in [2.05, 4.69) is 10.1 Å². The molecule has 0 bridgehead atoms. The molecule has 0 aromatic heterocycles. The molecule has 7 heteroatoms. The molecule has 2 rings (SSSR count). The minimum absolute atomic E-state index is 0.00648. The molecule has 1 N–H and O–H groups in total. The highest BCUT2D eigenvalue weighted by Gasteiger charge is 2.34. The Morgan fingerprint density at radius 2 is 2.14 bits per heavy atom. The lowest BCUT2D eigenvalue weighted by atomic mass is 10.1. The molecule has 21 heavy (non-hydrogen) atoms. The van der Waals surface area contributed by atoms with Crippen molar-refractivity contribution in [3.05, 3.63) is 29.3 Å². The summed E-state index contributed by atoms with van der Waals surface area (Å²) in [5.74, 6) is -0.471. The number of carbonyl (C=O) groups is 1. The van der Waals surface area contributed by atoms with Crippen LogP contribution < -0.4 is 5.32 Å². The highest BCUT2D eigenvalue weighted by molar-refractivity contribution is 8.00. The van der Waals surface area contributed by atoms with Crippen molar-refractivity contribution < 1.29 is 22.7 Å². The van der Waals surface area contributed by atoms with Crippen molar-refractivity contribution in [2.75, 3.05) is 12.9 Å². The Bertz CT molecular complexity index is 515. The van der Waals surface area contributed by atoms with E-state index in [9.17, 15) is 18.0 Å². The van der Waals surface area contributed by atoms with Crippen LogP contribution in [0.4, 0.5) is 13.2 Å². The number of methoxy groups -OCH3 is 1. The van der Waals surface area contributed by atoms with Crippen LogP contribution in [-0.2, 0) is 22.3 Å². The van der Waals surface area contributed by atoms with Gasteiger partial charge in [-0.3, -0.25) is 4.79 Å². The summed E-state index contributed by atoms with van der Waals surface area (Å²) in [6.45, 7) is 0.210. The van der Waals surface area contributed by atoms with Gasteiger partial charge in [0.25, 0.3) is 0 Å². The van der Waals surface area contributed by atoms with Crippen molar-refractivity contribution in [1.82, 2.24) is 5.32 Å². The Morgan fingerprint density at radius 1 is 1.43 bits per heavy atom. The van der Waals surface area contributed by atoms with Crippen molar-refractivity contribution in [2.24, 2.45) is 0 Å². The number of benzene rings is 1. The average Bonchev–Trinajstić information content (AvgIpc) is 3.26. The first-order chi connectivity index (χ1) is 9.90. The second kappa shape index (κ2) is 6.70. The number of carbonyl (C=O) groups excluding carboxylic acids is 1. The molecule has 1 fully saturated rings. The fourth-order valence-electron chi connectivity index (χ4n) is 1.81. The van der Waals surface area contributed by atoms with E-state index in [0.29, 0.717) is 10.9 Å². The number of esters is 1. The monoisotopic (exact) mass is 319 g/mol. The minimum Gasteiger partial charge on any atom is -0.468 e. The summed E-state index contributed by atoms with van der Waals surface area (Å²) < 4.78 is 43.8. The van der Waals surface area contributed by atoms with Gasteiger partial charge in [0.1, 0.15) is 0 Å². The Labute approximate surface area is 125 Å². The van der Waals surface area contributed by atoms with Crippen LogP contribution in [0, 0.1) is 0 Å². The van der Waals surface area contributed by atoms with Crippen molar-refractivity contribution in [3.8, 4) is 0 Å². The van der Waals surface area contributed by atoms with E-state index in [4.69, 9.17) is 0 Å². The number of ether oxygens (including phenoxy) is 1. The Hall–Kier alpha value is -1.21. The lowest BCUT2D eigenvalue weighted by Gasteiger charge is -2.15. The molecule has 1 aliphatic carbocycles. The maximum Gasteiger partial charge on any atom is 0.416 e. The summed E-state index contributed by atoms with van der Waals surface area (Å²) in [5, 5.41) is 3.08. The van der Waals surface area contributed by atoms with Gasteiger partial charge in [0.2, 0.25) is 0 Å². The topological polar surface area (TPSA) is 38.3 Å². The molecule has 3 nitrogen and oxygen atoms in total. The zero-order valence-corrected chi connectivity index (χ0v) is 12.3. The van der Waals surface area contributed by atoms with Gasteiger partial charge in [0.05, 0.1) is 18.4 Å². The van der Waals surface area contributed by atoms with E-state index in [0.717, 1.165) is 30.7 Å². The van der Waals surface area contributed by atoms with Crippen LogP contribution in [0.3, 0.4) is 0 Å². The normalized spacial score (nSPS) is 15.0. The first kappa shape index (κ1) is 16.2. The molecule has 1 aliphatic rings. The van der Waals surface area contributed by atoms with Gasteiger partial charge in [0, 0.05) is 17.5 Å². The van der Waals surface area contributed by atoms with E-state index in [1.165, 1.54) is 13.2 Å². The smallest absolute Gasteiger partial charge is 0.416 e. The largest absolute Gasteiger partial charge is 0.468 e. The van der Waals surface area contributed by atoms with E-state index in [1.807, 2.05) is 0 Å². The van der Waals surface area contributed by atoms with Gasteiger partial charge in [-0.15, -0.1) is 11.8 Å². The molecular weight excluding hydrogens is 303 g/mol. The van der Waals surface area contributed by atoms with Crippen LogP contribution in [-0.4, -0.2) is 24.9 Å². The zero-order chi connectivity index (χ0) is 15.5. The Kier molecular flexibility index (Phi) is 5.16. The van der Waals surface area contributed by atoms with E-state index >= 15 is 0 Å². The number of thioether (sulfide) groups is 1. The summed E-state index contributed by atoms with van der Waals surface area (Å²) in [4.78, 5) is 11.4. The van der Waals surface area contributed by atoms with Gasteiger partial charge in [-0.25, -0.2) is 0 Å². The molecular formula is C14H16F3NO2S. The first-order valence-corrected chi connectivity index (χ1v) is 7.52. The summed E-state index contributed by atoms with van der Waals surface area (Å²) in [7, 11) is 1.25. The van der Waals surface area contributed by atoms with Crippen molar-refractivity contribution in [2.45, 2.75) is 36.5 Å². The molecule has 0 aliphatic heterocycles. The van der Waals surface area contributed by atoms with Crippen LogP contribution in [0.2, 0.25) is 0 Å².